The molecule has 3 saturated carbocycles. The van der Waals surface area contributed by atoms with E-state index in [4.69, 9.17) is 4.74 Å². The number of ether oxygens (including phenoxy) is 1. The molecule has 4 heteroatoms. The van der Waals surface area contributed by atoms with Crippen molar-refractivity contribution >= 4 is 5.97 Å². The van der Waals surface area contributed by atoms with E-state index in [1.54, 1.807) is 6.08 Å². The highest BCUT2D eigenvalue weighted by Gasteiger charge is 2.66. The molecular formula is C23H32O4. The zero-order chi connectivity index (χ0) is 19.0. The van der Waals surface area contributed by atoms with Gasteiger partial charge in [0.1, 0.15) is 6.61 Å². The molecule has 5 rings (SSSR count). The molecule has 0 aromatic rings. The highest BCUT2D eigenvalue weighted by Crippen LogP contribution is 2.68. The number of rotatable bonds is 1. The summed E-state index contributed by atoms with van der Waals surface area (Å²) in [5.41, 5.74) is 1.80. The van der Waals surface area contributed by atoms with Gasteiger partial charge in [0.05, 0.1) is 11.7 Å². The number of cyclic esters (lactones) is 1. The molecule has 3 unspecified atom stereocenters. The van der Waals surface area contributed by atoms with Crippen molar-refractivity contribution < 1.29 is 19.7 Å². The molecule has 0 saturated heterocycles. The van der Waals surface area contributed by atoms with Crippen molar-refractivity contribution in [1.82, 2.24) is 0 Å². The molecule has 4 nitrogen and oxygen atoms in total. The smallest absolute Gasteiger partial charge is 0.331 e. The van der Waals surface area contributed by atoms with Crippen LogP contribution in [-0.4, -0.2) is 34.5 Å². The number of allylic oxidation sites excluding steroid dienone is 1. The zero-order valence-electron chi connectivity index (χ0n) is 16.5. The SMILES string of the molecule is C[C@]12CC[C@H](O)CC1=CCC1C2CC[C@]2(C)C(C3=CC(=O)OC3)CC[C@]12O. The number of aliphatic hydroxyl groups is 2. The van der Waals surface area contributed by atoms with Crippen LogP contribution in [0.15, 0.2) is 23.3 Å². The number of hydrogen-bond acceptors (Lipinski definition) is 4. The fourth-order valence-corrected chi connectivity index (χ4v) is 7.79. The molecule has 0 amide bonds. The third-order valence-corrected chi connectivity index (χ3v) is 9.40. The maximum atomic E-state index is 12.1. The van der Waals surface area contributed by atoms with E-state index in [2.05, 4.69) is 19.9 Å². The van der Waals surface area contributed by atoms with Gasteiger partial charge in [-0.15, -0.1) is 0 Å². The minimum Gasteiger partial charge on any atom is -0.458 e. The van der Waals surface area contributed by atoms with Crippen molar-refractivity contribution in [3.8, 4) is 0 Å². The lowest BCUT2D eigenvalue weighted by molar-refractivity contribution is -0.176. The summed E-state index contributed by atoms with van der Waals surface area (Å²) in [6.45, 7) is 5.05. The molecule has 0 aromatic carbocycles. The van der Waals surface area contributed by atoms with Crippen LogP contribution in [0.4, 0.5) is 0 Å². The predicted molar refractivity (Wildman–Crippen MR) is 102 cm³/mol. The average Bonchev–Trinajstić information content (AvgIpc) is 3.16. The standard InChI is InChI=1S/C23H32O4/c1-21-8-5-16(24)12-15(21)3-4-19-18(21)6-9-22(2)17(7-10-23(19,22)26)14-11-20(25)27-13-14/h3,11,16-19,24,26H,4-10,12-13H2,1-2H3/t16-,17?,18?,19?,21-,22+,23-/m0/s1. The van der Waals surface area contributed by atoms with Crippen molar-refractivity contribution in [3.05, 3.63) is 23.3 Å². The van der Waals surface area contributed by atoms with Crippen molar-refractivity contribution in [2.45, 2.75) is 76.9 Å². The van der Waals surface area contributed by atoms with Crippen LogP contribution < -0.4 is 0 Å². The van der Waals surface area contributed by atoms with Crippen LogP contribution in [-0.2, 0) is 9.53 Å². The van der Waals surface area contributed by atoms with Crippen molar-refractivity contribution in [1.29, 1.82) is 0 Å². The molecule has 7 atom stereocenters. The van der Waals surface area contributed by atoms with Crippen LogP contribution in [0.5, 0.6) is 0 Å². The lowest BCUT2D eigenvalue weighted by Crippen LogP contribution is -2.60. The second kappa shape index (κ2) is 5.70. The van der Waals surface area contributed by atoms with Gasteiger partial charge in [0.15, 0.2) is 0 Å². The molecule has 4 aliphatic carbocycles. The van der Waals surface area contributed by atoms with Gasteiger partial charge >= 0.3 is 5.97 Å². The first-order valence-corrected chi connectivity index (χ1v) is 10.8. The number of hydrogen-bond donors (Lipinski definition) is 2. The van der Waals surface area contributed by atoms with E-state index in [1.807, 2.05) is 0 Å². The Kier molecular flexibility index (Phi) is 3.78. The molecule has 0 spiro atoms. The van der Waals surface area contributed by atoms with Gasteiger partial charge in [0.25, 0.3) is 0 Å². The summed E-state index contributed by atoms with van der Waals surface area (Å²) in [5.74, 6) is 0.804. The Morgan fingerprint density at radius 2 is 1.93 bits per heavy atom. The maximum Gasteiger partial charge on any atom is 0.331 e. The van der Waals surface area contributed by atoms with Gasteiger partial charge < -0.3 is 14.9 Å². The highest BCUT2D eigenvalue weighted by atomic mass is 16.5. The Labute approximate surface area is 161 Å². The van der Waals surface area contributed by atoms with E-state index >= 15 is 0 Å². The lowest BCUT2D eigenvalue weighted by Gasteiger charge is -2.61. The summed E-state index contributed by atoms with van der Waals surface area (Å²) >= 11 is 0. The summed E-state index contributed by atoms with van der Waals surface area (Å²) in [6.07, 6.45) is 11.4. The number of aliphatic hydroxyl groups excluding tert-OH is 1. The predicted octanol–water partition coefficient (Wildman–Crippen LogP) is 3.52. The second-order valence-electron chi connectivity index (χ2n) is 10.3. The number of esters is 1. The summed E-state index contributed by atoms with van der Waals surface area (Å²) in [6, 6.07) is 0. The maximum absolute atomic E-state index is 12.1. The summed E-state index contributed by atoms with van der Waals surface area (Å²) in [7, 11) is 0. The Bertz CT molecular complexity index is 739. The average molecular weight is 373 g/mol. The van der Waals surface area contributed by atoms with E-state index in [0.717, 1.165) is 56.9 Å². The first-order valence-electron chi connectivity index (χ1n) is 10.8. The van der Waals surface area contributed by atoms with Gasteiger partial charge in [-0.25, -0.2) is 4.79 Å². The summed E-state index contributed by atoms with van der Waals surface area (Å²) < 4.78 is 5.19. The van der Waals surface area contributed by atoms with E-state index in [-0.39, 0.29) is 34.7 Å². The van der Waals surface area contributed by atoms with Gasteiger partial charge in [-0.2, -0.15) is 0 Å². The van der Waals surface area contributed by atoms with Crippen LogP contribution in [0.3, 0.4) is 0 Å². The van der Waals surface area contributed by atoms with Crippen molar-refractivity contribution in [3.63, 3.8) is 0 Å². The first kappa shape index (κ1) is 17.9. The molecule has 2 N–H and O–H groups in total. The van der Waals surface area contributed by atoms with Crippen LogP contribution >= 0.6 is 0 Å². The van der Waals surface area contributed by atoms with Crippen LogP contribution in [0.2, 0.25) is 0 Å². The normalized spacial score (nSPS) is 51.6. The zero-order valence-corrected chi connectivity index (χ0v) is 16.5. The monoisotopic (exact) mass is 372 g/mol. The third-order valence-electron chi connectivity index (χ3n) is 9.40. The van der Waals surface area contributed by atoms with Crippen LogP contribution in [0.1, 0.15) is 65.2 Å². The molecule has 27 heavy (non-hydrogen) atoms. The fraction of sp³-hybridized carbons (Fsp3) is 0.783. The molecule has 0 aromatic heterocycles. The quantitative estimate of drug-likeness (QED) is 0.546. The van der Waals surface area contributed by atoms with Crippen LogP contribution in [0, 0.1) is 28.6 Å². The van der Waals surface area contributed by atoms with Gasteiger partial charge in [-0.05, 0) is 80.1 Å². The van der Waals surface area contributed by atoms with Gasteiger partial charge in [0.2, 0.25) is 0 Å². The number of carbonyl (C=O) groups is 1. The molecule has 0 radical (unpaired) electrons. The molecular weight excluding hydrogens is 340 g/mol. The topological polar surface area (TPSA) is 66.8 Å². The largest absolute Gasteiger partial charge is 0.458 e. The molecule has 5 aliphatic rings. The van der Waals surface area contributed by atoms with E-state index < -0.39 is 5.60 Å². The molecule has 148 valence electrons. The minimum absolute atomic E-state index is 0.128. The Balaban J connectivity index is 1.50. The lowest BCUT2D eigenvalue weighted by atomic mass is 9.45. The van der Waals surface area contributed by atoms with E-state index in [0.29, 0.717) is 12.5 Å². The second-order valence-corrected chi connectivity index (χ2v) is 10.3. The van der Waals surface area contributed by atoms with Gasteiger partial charge in [0, 0.05) is 11.5 Å². The fourth-order valence-electron chi connectivity index (χ4n) is 7.79. The summed E-state index contributed by atoms with van der Waals surface area (Å²) in [5, 5.41) is 22.2. The Morgan fingerprint density at radius 3 is 2.67 bits per heavy atom. The van der Waals surface area contributed by atoms with Crippen molar-refractivity contribution in [2.24, 2.45) is 28.6 Å². The van der Waals surface area contributed by atoms with Crippen molar-refractivity contribution in [2.75, 3.05) is 6.61 Å². The van der Waals surface area contributed by atoms with E-state index in [9.17, 15) is 15.0 Å². The molecule has 0 bridgehead atoms. The van der Waals surface area contributed by atoms with E-state index in [1.165, 1.54) is 5.57 Å². The Morgan fingerprint density at radius 1 is 1.11 bits per heavy atom. The number of carbonyl (C=O) groups excluding carboxylic acids is 1. The minimum atomic E-state index is -0.672. The molecule has 1 heterocycles. The number of fused-ring (bicyclic) bond motifs is 5. The Hall–Kier alpha value is -1.13. The van der Waals surface area contributed by atoms with Crippen LogP contribution in [0.25, 0.3) is 0 Å². The first-order chi connectivity index (χ1) is 12.8. The molecule has 3 fully saturated rings. The molecule has 1 aliphatic heterocycles. The van der Waals surface area contributed by atoms with Gasteiger partial charge in [-0.1, -0.05) is 25.5 Å². The van der Waals surface area contributed by atoms with Gasteiger partial charge in [-0.3, -0.25) is 0 Å². The summed E-state index contributed by atoms with van der Waals surface area (Å²) in [4.78, 5) is 11.6. The third kappa shape index (κ3) is 2.26. The highest BCUT2D eigenvalue weighted by molar-refractivity contribution is 5.85.